The van der Waals surface area contributed by atoms with Crippen LogP contribution < -0.4 is 5.32 Å². The Morgan fingerprint density at radius 1 is 1.33 bits per heavy atom. The van der Waals surface area contributed by atoms with Crippen molar-refractivity contribution in [2.24, 2.45) is 11.3 Å². The first-order chi connectivity index (χ1) is 9.88. The average Bonchev–Trinajstić information content (AvgIpc) is 2.35. The first-order valence-corrected chi connectivity index (χ1v) is 8.39. The summed E-state index contributed by atoms with van der Waals surface area (Å²) < 4.78 is 11.1. The lowest BCUT2D eigenvalue weighted by Crippen LogP contribution is -2.39. The minimum atomic E-state index is -0.246. The Balaban J connectivity index is 2.37. The molecule has 1 aliphatic carbocycles. The van der Waals surface area contributed by atoms with Gasteiger partial charge in [-0.15, -0.1) is 0 Å². The molecule has 1 saturated carbocycles. The number of likely N-dealkylation sites (N-methyl/N-ethyl adjacent to an activating group) is 1. The van der Waals surface area contributed by atoms with E-state index in [9.17, 15) is 4.79 Å². The molecule has 0 amide bonds. The Bertz CT molecular complexity index is 317. The molecule has 21 heavy (non-hydrogen) atoms. The largest absolute Gasteiger partial charge is 0.465 e. The summed E-state index contributed by atoms with van der Waals surface area (Å²) >= 11 is 0. The molecule has 1 N–H and O–H groups in total. The van der Waals surface area contributed by atoms with E-state index >= 15 is 0 Å². The van der Waals surface area contributed by atoms with Gasteiger partial charge in [-0.1, -0.05) is 27.7 Å². The van der Waals surface area contributed by atoms with E-state index in [1.54, 1.807) is 0 Å². The highest BCUT2D eigenvalue weighted by Crippen LogP contribution is 2.39. The summed E-state index contributed by atoms with van der Waals surface area (Å²) in [5.41, 5.74) is 0.366. The van der Waals surface area contributed by atoms with Gasteiger partial charge in [-0.3, -0.25) is 4.79 Å². The van der Waals surface area contributed by atoms with Crippen LogP contribution in [0.4, 0.5) is 0 Å². The number of nitrogens with one attached hydrogen (secondary N) is 1. The third-order valence-electron chi connectivity index (χ3n) is 4.13. The minimum absolute atomic E-state index is 0.166. The Morgan fingerprint density at radius 3 is 2.62 bits per heavy atom. The highest BCUT2D eigenvalue weighted by Gasteiger charge is 2.32. The van der Waals surface area contributed by atoms with Crippen molar-refractivity contribution in [3.05, 3.63) is 0 Å². The summed E-state index contributed by atoms with van der Waals surface area (Å²) in [6, 6.07) is -0.246. The summed E-state index contributed by atoms with van der Waals surface area (Å²) in [5.74, 6) is 0.550. The van der Waals surface area contributed by atoms with Gasteiger partial charge >= 0.3 is 5.97 Å². The Kier molecular flexibility index (Phi) is 7.67. The molecule has 1 rings (SSSR count). The lowest BCUT2D eigenvalue weighted by molar-refractivity contribution is -0.146. The number of hydrogen-bond acceptors (Lipinski definition) is 4. The fourth-order valence-electron chi connectivity index (χ4n) is 3.53. The van der Waals surface area contributed by atoms with Crippen LogP contribution in [0.1, 0.15) is 60.3 Å². The molecule has 4 nitrogen and oxygen atoms in total. The van der Waals surface area contributed by atoms with E-state index in [1.165, 1.54) is 6.42 Å². The zero-order chi connectivity index (χ0) is 15.9. The van der Waals surface area contributed by atoms with Crippen molar-refractivity contribution < 1.29 is 14.3 Å². The fraction of sp³-hybridized carbons (Fsp3) is 0.941. The molecule has 0 spiro atoms. The molecule has 0 radical (unpaired) electrons. The second-order valence-electron chi connectivity index (χ2n) is 7.06. The van der Waals surface area contributed by atoms with Crippen molar-refractivity contribution in [2.45, 2.75) is 72.4 Å². The van der Waals surface area contributed by atoms with Crippen LogP contribution in [0.5, 0.6) is 0 Å². The van der Waals surface area contributed by atoms with Crippen molar-refractivity contribution in [1.29, 1.82) is 0 Å². The summed E-state index contributed by atoms with van der Waals surface area (Å²) in [6.07, 6.45) is 4.53. The standard InChI is InChI=1S/C17H33NO3/c1-6-18-15(16(19)20-7-2)8-9-21-14-10-13(3)11-17(4,5)12-14/h13-15,18H,6-12H2,1-5H3. The van der Waals surface area contributed by atoms with Gasteiger partial charge in [0.05, 0.1) is 12.7 Å². The maximum Gasteiger partial charge on any atom is 0.323 e. The molecule has 1 fully saturated rings. The SMILES string of the molecule is CCNC(CCOC1CC(C)CC(C)(C)C1)C(=O)OCC. The zero-order valence-corrected chi connectivity index (χ0v) is 14.4. The fourth-order valence-corrected chi connectivity index (χ4v) is 3.53. The van der Waals surface area contributed by atoms with E-state index in [-0.39, 0.29) is 12.0 Å². The van der Waals surface area contributed by atoms with E-state index in [0.717, 1.165) is 19.4 Å². The maximum atomic E-state index is 11.8. The van der Waals surface area contributed by atoms with E-state index in [2.05, 4.69) is 26.1 Å². The molecule has 0 aromatic carbocycles. The molecule has 0 heterocycles. The van der Waals surface area contributed by atoms with Crippen molar-refractivity contribution in [3.63, 3.8) is 0 Å². The van der Waals surface area contributed by atoms with Gasteiger partial charge in [-0.2, -0.15) is 0 Å². The van der Waals surface area contributed by atoms with Gasteiger partial charge in [0.15, 0.2) is 0 Å². The normalized spacial score (nSPS) is 26.3. The Labute approximate surface area is 130 Å². The van der Waals surface area contributed by atoms with Crippen LogP contribution in [-0.4, -0.2) is 37.9 Å². The summed E-state index contributed by atoms with van der Waals surface area (Å²) in [5, 5.41) is 3.18. The molecule has 124 valence electrons. The van der Waals surface area contributed by atoms with Crippen molar-refractivity contribution in [1.82, 2.24) is 5.32 Å². The zero-order valence-electron chi connectivity index (χ0n) is 14.4. The van der Waals surface area contributed by atoms with Crippen molar-refractivity contribution in [3.8, 4) is 0 Å². The molecular weight excluding hydrogens is 266 g/mol. The monoisotopic (exact) mass is 299 g/mol. The lowest BCUT2D eigenvalue weighted by Gasteiger charge is -2.38. The lowest BCUT2D eigenvalue weighted by atomic mass is 9.71. The Morgan fingerprint density at radius 2 is 2.05 bits per heavy atom. The summed E-state index contributed by atoms with van der Waals surface area (Å²) in [7, 11) is 0. The van der Waals surface area contributed by atoms with Gasteiger partial charge < -0.3 is 14.8 Å². The first-order valence-electron chi connectivity index (χ1n) is 8.39. The minimum Gasteiger partial charge on any atom is -0.465 e. The number of ether oxygens (including phenoxy) is 2. The third kappa shape index (κ3) is 6.79. The van der Waals surface area contributed by atoms with Gasteiger partial charge in [0, 0.05) is 6.61 Å². The van der Waals surface area contributed by atoms with Crippen LogP contribution in [0.15, 0.2) is 0 Å². The molecule has 0 aromatic heterocycles. The molecule has 0 bridgehead atoms. The number of rotatable bonds is 8. The molecular formula is C17H33NO3. The van der Waals surface area contributed by atoms with E-state index in [0.29, 0.717) is 37.1 Å². The van der Waals surface area contributed by atoms with Gasteiger partial charge in [-0.05, 0) is 50.5 Å². The number of carbonyl (C=O) groups excluding carboxylic acids is 1. The van der Waals surface area contributed by atoms with Crippen LogP contribution >= 0.6 is 0 Å². The van der Waals surface area contributed by atoms with Crippen molar-refractivity contribution in [2.75, 3.05) is 19.8 Å². The predicted octanol–water partition coefficient (Wildman–Crippen LogP) is 3.15. The smallest absolute Gasteiger partial charge is 0.323 e. The van der Waals surface area contributed by atoms with Gasteiger partial charge in [-0.25, -0.2) is 0 Å². The number of carbonyl (C=O) groups is 1. The molecule has 0 aromatic rings. The van der Waals surface area contributed by atoms with E-state index < -0.39 is 0 Å². The van der Waals surface area contributed by atoms with Crippen molar-refractivity contribution >= 4 is 5.97 Å². The second-order valence-corrected chi connectivity index (χ2v) is 7.06. The molecule has 4 heteroatoms. The highest BCUT2D eigenvalue weighted by molar-refractivity contribution is 5.75. The van der Waals surface area contributed by atoms with Crippen LogP contribution in [-0.2, 0) is 14.3 Å². The van der Waals surface area contributed by atoms with Crippen LogP contribution in [0.2, 0.25) is 0 Å². The molecule has 3 unspecified atom stereocenters. The summed E-state index contributed by atoms with van der Waals surface area (Å²) in [4.78, 5) is 11.8. The average molecular weight is 299 g/mol. The Hall–Kier alpha value is -0.610. The number of hydrogen-bond donors (Lipinski definition) is 1. The molecule has 1 aliphatic rings. The van der Waals surface area contributed by atoms with E-state index in [4.69, 9.17) is 9.47 Å². The quantitative estimate of drug-likeness (QED) is 0.699. The highest BCUT2D eigenvalue weighted by atomic mass is 16.5. The topological polar surface area (TPSA) is 47.6 Å². The van der Waals surface area contributed by atoms with Crippen LogP contribution in [0, 0.1) is 11.3 Å². The molecule has 3 atom stereocenters. The van der Waals surface area contributed by atoms with Gasteiger partial charge in [0.25, 0.3) is 0 Å². The van der Waals surface area contributed by atoms with Crippen LogP contribution in [0.3, 0.4) is 0 Å². The summed E-state index contributed by atoms with van der Waals surface area (Å²) in [6.45, 7) is 12.6. The first kappa shape index (κ1) is 18.4. The molecule has 0 saturated heterocycles. The third-order valence-corrected chi connectivity index (χ3v) is 4.13. The van der Waals surface area contributed by atoms with Gasteiger partial charge in [0.1, 0.15) is 6.04 Å². The van der Waals surface area contributed by atoms with Crippen LogP contribution in [0.25, 0.3) is 0 Å². The number of esters is 1. The maximum absolute atomic E-state index is 11.8. The van der Waals surface area contributed by atoms with E-state index in [1.807, 2.05) is 13.8 Å². The predicted molar refractivity (Wildman–Crippen MR) is 85.3 cm³/mol. The second kappa shape index (κ2) is 8.74. The molecule has 0 aliphatic heterocycles. The van der Waals surface area contributed by atoms with Gasteiger partial charge in [0.2, 0.25) is 0 Å².